The third-order valence-corrected chi connectivity index (χ3v) is 5.59. The Hall–Kier alpha value is -3.49. The average Bonchev–Trinajstić information content (AvgIpc) is 3.14. The van der Waals surface area contributed by atoms with Gasteiger partial charge in [0.1, 0.15) is 0 Å². The van der Waals surface area contributed by atoms with Gasteiger partial charge in [-0.05, 0) is 36.4 Å². The van der Waals surface area contributed by atoms with Crippen LogP contribution in [-0.4, -0.2) is 41.4 Å². The van der Waals surface area contributed by atoms with Crippen LogP contribution in [0.4, 0.5) is 0 Å². The maximum Gasteiger partial charge on any atom is 0.340 e. The van der Waals surface area contributed by atoms with Crippen LogP contribution in [0.25, 0.3) is 0 Å². The Kier molecular flexibility index (Phi) is 7.16. The van der Waals surface area contributed by atoms with Crippen LogP contribution in [0.2, 0.25) is 0 Å². The predicted molar refractivity (Wildman–Crippen MR) is 121 cm³/mol. The highest BCUT2D eigenvalue weighted by Crippen LogP contribution is 2.32. The van der Waals surface area contributed by atoms with Crippen LogP contribution in [0.3, 0.4) is 0 Å². The highest BCUT2D eigenvalue weighted by molar-refractivity contribution is 9.09. The molecule has 1 saturated heterocycles. The number of ether oxygens (including phenoxy) is 4. The SMILES string of the molecule is O=C(O[C@@H]1OC(Br)[C@H](OC(=O)c2ccccc2)[C@@H]1OC(=O)c1ccccc1)c1ccccc1. The average molecular weight is 511 g/mol. The van der Waals surface area contributed by atoms with Crippen molar-refractivity contribution in [3.05, 3.63) is 108 Å². The third-order valence-electron chi connectivity index (χ3n) is 4.85. The molecule has 0 saturated carbocycles. The molecule has 3 aromatic rings. The van der Waals surface area contributed by atoms with Crippen molar-refractivity contribution in [3.8, 4) is 0 Å². The topological polar surface area (TPSA) is 88.1 Å². The Labute approximate surface area is 198 Å². The van der Waals surface area contributed by atoms with Crippen LogP contribution in [0.15, 0.2) is 91.0 Å². The molecule has 1 aliphatic heterocycles. The molecule has 3 aromatic carbocycles. The Bertz CT molecular complexity index is 1110. The van der Waals surface area contributed by atoms with Crippen molar-refractivity contribution < 1.29 is 33.3 Å². The summed E-state index contributed by atoms with van der Waals surface area (Å²) in [7, 11) is 0. The molecular weight excluding hydrogens is 492 g/mol. The van der Waals surface area contributed by atoms with Gasteiger partial charge in [-0.15, -0.1) is 0 Å². The lowest BCUT2D eigenvalue weighted by atomic mass is 10.2. The lowest BCUT2D eigenvalue weighted by Crippen LogP contribution is -2.41. The van der Waals surface area contributed by atoms with Crippen molar-refractivity contribution in [2.45, 2.75) is 23.5 Å². The second-order valence-electron chi connectivity index (χ2n) is 7.10. The fourth-order valence-electron chi connectivity index (χ4n) is 3.20. The fourth-order valence-corrected chi connectivity index (χ4v) is 3.83. The van der Waals surface area contributed by atoms with E-state index < -0.39 is 41.4 Å². The highest BCUT2D eigenvalue weighted by Gasteiger charge is 2.51. The summed E-state index contributed by atoms with van der Waals surface area (Å²) >= 11 is 3.30. The van der Waals surface area contributed by atoms with Crippen LogP contribution in [-0.2, 0) is 18.9 Å². The number of carbonyl (C=O) groups is 3. The predicted octanol–water partition coefficient (Wildman–Crippen LogP) is 4.37. The molecule has 1 fully saturated rings. The van der Waals surface area contributed by atoms with Crippen molar-refractivity contribution in [1.29, 1.82) is 0 Å². The summed E-state index contributed by atoms with van der Waals surface area (Å²) in [6.07, 6.45) is -3.58. The van der Waals surface area contributed by atoms with Gasteiger partial charge in [-0.2, -0.15) is 0 Å². The zero-order valence-electron chi connectivity index (χ0n) is 17.2. The Balaban J connectivity index is 1.56. The first-order valence-electron chi connectivity index (χ1n) is 10.1. The van der Waals surface area contributed by atoms with Gasteiger partial charge in [-0.25, -0.2) is 14.4 Å². The molecule has 0 aromatic heterocycles. The molecule has 0 radical (unpaired) electrons. The van der Waals surface area contributed by atoms with Gasteiger partial charge in [0, 0.05) is 0 Å². The van der Waals surface area contributed by atoms with Gasteiger partial charge in [0.15, 0.2) is 11.1 Å². The van der Waals surface area contributed by atoms with E-state index in [4.69, 9.17) is 18.9 Å². The quantitative estimate of drug-likeness (QED) is 0.276. The van der Waals surface area contributed by atoms with Gasteiger partial charge in [0.25, 0.3) is 0 Å². The minimum absolute atomic E-state index is 0.289. The summed E-state index contributed by atoms with van der Waals surface area (Å²) in [6, 6.07) is 25.0. The standard InChI is InChI=1S/C25H19BrO7/c26-21-19(30-22(27)16-10-4-1-5-11-16)20(31-23(28)17-12-6-2-7-13-17)25(32-21)33-24(29)18-14-8-3-9-15-18/h1-15,19-21,25H/t19-,20+,21?,25+/m1/s1. The first-order chi connectivity index (χ1) is 16.0. The molecule has 0 spiro atoms. The van der Waals surface area contributed by atoms with Gasteiger partial charge in [0.2, 0.25) is 12.4 Å². The third kappa shape index (κ3) is 5.47. The molecular formula is C25H19BrO7. The van der Waals surface area contributed by atoms with Crippen molar-refractivity contribution in [2.24, 2.45) is 0 Å². The Morgan fingerprint density at radius 3 is 1.36 bits per heavy atom. The van der Waals surface area contributed by atoms with E-state index in [9.17, 15) is 14.4 Å². The first kappa shape index (κ1) is 22.7. The van der Waals surface area contributed by atoms with Crippen molar-refractivity contribution in [1.82, 2.24) is 0 Å². The molecule has 0 bridgehead atoms. The molecule has 7 nitrogen and oxygen atoms in total. The minimum atomic E-state index is -1.30. The number of rotatable bonds is 6. The molecule has 168 valence electrons. The monoisotopic (exact) mass is 510 g/mol. The van der Waals surface area contributed by atoms with Gasteiger partial charge in [-0.1, -0.05) is 70.5 Å². The summed E-state index contributed by atoms with van der Waals surface area (Å²) in [5, 5.41) is -0.882. The summed E-state index contributed by atoms with van der Waals surface area (Å²) in [5.74, 6) is -1.98. The van der Waals surface area contributed by atoms with E-state index in [1.807, 2.05) is 0 Å². The Morgan fingerprint density at radius 2 is 0.939 bits per heavy atom. The van der Waals surface area contributed by atoms with Crippen LogP contribution in [0.1, 0.15) is 31.1 Å². The second kappa shape index (κ2) is 10.4. The molecule has 33 heavy (non-hydrogen) atoms. The number of hydrogen-bond donors (Lipinski definition) is 0. The number of alkyl halides is 1. The number of carbonyl (C=O) groups excluding carboxylic acids is 3. The molecule has 1 heterocycles. The number of halogens is 1. The van der Waals surface area contributed by atoms with E-state index in [1.165, 1.54) is 0 Å². The lowest BCUT2D eigenvalue weighted by Gasteiger charge is -2.23. The molecule has 0 aliphatic carbocycles. The van der Waals surface area contributed by atoms with Gasteiger partial charge in [-0.3, -0.25) is 0 Å². The zero-order chi connectivity index (χ0) is 23.2. The zero-order valence-corrected chi connectivity index (χ0v) is 18.8. The smallest absolute Gasteiger partial charge is 0.340 e. The summed E-state index contributed by atoms with van der Waals surface area (Å²) < 4.78 is 22.4. The van der Waals surface area contributed by atoms with E-state index in [2.05, 4.69) is 15.9 Å². The summed E-state index contributed by atoms with van der Waals surface area (Å²) in [5.41, 5.74) is 0.900. The van der Waals surface area contributed by atoms with Crippen molar-refractivity contribution in [2.75, 3.05) is 0 Å². The maximum absolute atomic E-state index is 12.7. The molecule has 0 N–H and O–H groups in total. The maximum atomic E-state index is 12.7. The second-order valence-corrected chi connectivity index (χ2v) is 8.00. The molecule has 1 aliphatic rings. The summed E-state index contributed by atoms with van der Waals surface area (Å²) in [4.78, 5) is 38.0. The van der Waals surface area contributed by atoms with Crippen LogP contribution < -0.4 is 0 Å². The van der Waals surface area contributed by atoms with E-state index >= 15 is 0 Å². The normalized spacial score (nSPS) is 21.7. The van der Waals surface area contributed by atoms with E-state index in [1.54, 1.807) is 91.0 Å². The van der Waals surface area contributed by atoms with Gasteiger partial charge in [0.05, 0.1) is 16.7 Å². The van der Waals surface area contributed by atoms with Crippen LogP contribution in [0.5, 0.6) is 0 Å². The highest BCUT2D eigenvalue weighted by atomic mass is 79.9. The number of hydrogen-bond acceptors (Lipinski definition) is 7. The number of esters is 3. The molecule has 1 unspecified atom stereocenters. The minimum Gasteiger partial charge on any atom is -0.451 e. The van der Waals surface area contributed by atoms with Gasteiger partial charge < -0.3 is 18.9 Å². The first-order valence-corrected chi connectivity index (χ1v) is 11.0. The van der Waals surface area contributed by atoms with E-state index in [0.717, 1.165) is 0 Å². The molecule has 4 rings (SSSR count). The number of benzene rings is 3. The lowest BCUT2D eigenvalue weighted by molar-refractivity contribution is -0.127. The Morgan fingerprint density at radius 1 is 0.576 bits per heavy atom. The van der Waals surface area contributed by atoms with Crippen molar-refractivity contribution in [3.63, 3.8) is 0 Å². The fraction of sp³-hybridized carbons (Fsp3) is 0.160. The van der Waals surface area contributed by atoms with E-state index in [-0.39, 0.29) is 5.56 Å². The van der Waals surface area contributed by atoms with Gasteiger partial charge >= 0.3 is 17.9 Å². The van der Waals surface area contributed by atoms with Crippen molar-refractivity contribution >= 4 is 33.8 Å². The molecule has 8 heteroatoms. The van der Waals surface area contributed by atoms with E-state index in [0.29, 0.717) is 11.1 Å². The summed E-state index contributed by atoms with van der Waals surface area (Å²) in [6.45, 7) is 0. The van der Waals surface area contributed by atoms with Crippen LogP contribution >= 0.6 is 15.9 Å². The largest absolute Gasteiger partial charge is 0.451 e. The molecule has 0 amide bonds. The molecule has 4 atom stereocenters. The van der Waals surface area contributed by atoms with Crippen LogP contribution in [0, 0.1) is 0 Å².